The number of nitrogens with zero attached hydrogens (tertiary/aromatic N) is 3. The lowest BCUT2D eigenvalue weighted by Gasteiger charge is -2.32. The van der Waals surface area contributed by atoms with Gasteiger partial charge in [-0.25, -0.2) is 17.6 Å². The molecule has 14 heteroatoms. The number of primary amides is 1. The van der Waals surface area contributed by atoms with Crippen molar-refractivity contribution in [2.24, 2.45) is 5.73 Å². The second-order valence-corrected chi connectivity index (χ2v) is 14.7. The van der Waals surface area contributed by atoms with E-state index >= 15 is 0 Å². The Hall–Kier alpha value is -2.10. The van der Waals surface area contributed by atoms with Crippen molar-refractivity contribution >= 4 is 34.5 Å². The van der Waals surface area contributed by atoms with Crippen LogP contribution in [0.4, 0.5) is 17.6 Å². The summed E-state index contributed by atoms with van der Waals surface area (Å²) in [5, 5.41) is 3.89. The molecule has 0 unspecified atom stereocenters. The highest BCUT2D eigenvalue weighted by Crippen LogP contribution is 2.21. The largest absolute Gasteiger partial charge is 0.378 e. The van der Waals surface area contributed by atoms with Gasteiger partial charge in [-0.05, 0) is 79.0 Å². The lowest BCUT2D eigenvalue weighted by molar-refractivity contribution is -0.128. The van der Waals surface area contributed by atoms with E-state index in [-0.39, 0.29) is 24.9 Å². The summed E-state index contributed by atoms with van der Waals surface area (Å²) in [5.74, 6) is 0.00443. The molecule has 0 aliphatic carbocycles. The predicted molar refractivity (Wildman–Crippen MR) is 193 cm³/mol. The number of hydrogen-bond acceptors (Lipinski definition) is 8. The maximum atomic E-state index is 12.4. The molecule has 5 heterocycles. The molecule has 50 heavy (non-hydrogen) atoms. The third-order valence-electron chi connectivity index (χ3n) is 8.92. The number of rotatable bonds is 17. The van der Waals surface area contributed by atoms with Gasteiger partial charge in [0.15, 0.2) is 0 Å². The Kier molecular flexibility index (Phi) is 19.9. The number of nitrogens with two attached hydrogens (primary N) is 1. The highest BCUT2D eigenvalue weighted by atomic mass is 32.1. The van der Waals surface area contributed by atoms with E-state index in [0.717, 1.165) is 112 Å². The third-order valence-corrected chi connectivity index (χ3v) is 10.9. The average molecular weight is 749 g/mol. The molecule has 3 aliphatic rings. The molecule has 3 fully saturated rings. The van der Waals surface area contributed by atoms with E-state index < -0.39 is 12.9 Å². The summed E-state index contributed by atoms with van der Waals surface area (Å²) >= 11 is 2.79. The molecule has 2 N–H and O–H groups in total. The van der Waals surface area contributed by atoms with E-state index in [4.69, 9.17) is 15.2 Å². The molecule has 8 nitrogen and oxygen atoms in total. The van der Waals surface area contributed by atoms with Crippen molar-refractivity contribution in [2.75, 3.05) is 65.6 Å². The number of carbonyl (C=O) groups is 2. The number of thiophene rings is 2. The zero-order valence-electron chi connectivity index (χ0n) is 29.6. The van der Waals surface area contributed by atoms with Crippen LogP contribution in [0.2, 0.25) is 0 Å². The normalized spacial score (nSPS) is 18.0. The van der Waals surface area contributed by atoms with Crippen molar-refractivity contribution < 1.29 is 36.6 Å². The lowest BCUT2D eigenvalue weighted by Crippen LogP contribution is -2.41. The number of likely N-dealkylation sites (tertiary alicyclic amines) is 3. The molecule has 284 valence electrons. The van der Waals surface area contributed by atoms with Crippen molar-refractivity contribution in [3.05, 3.63) is 43.8 Å². The lowest BCUT2D eigenvalue weighted by atomic mass is 10.1. The van der Waals surface area contributed by atoms with Crippen LogP contribution in [0.25, 0.3) is 0 Å². The van der Waals surface area contributed by atoms with Crippen molar-refractivity contribution in [3.8, 4) is 0 Å². The van der Waals surface area contributed by atoms with Gasteiger partial charge in [-0.3, -0.25) is 14.5 Å². The first-order valence-corrected chi connectivity index (χ1v) is 19.8. The van der Waals surface area contributed by atoms with Crippen molar-refractivity contribution in [1.29, 1.82) is 0 Å². The van der Waals surface area contributed by atoms with Gasteiger partial charge in [0.05, 0.1) is 32.0 Å². The van der Waals surface area contributed by atoms with E-state index in [1.807, 2.05) is 46.5 Å². The topological polar surface area (TPSA) is 88.3 Å². The van der Waals surface area contributed by atoms with E-state index in [1.54, 1.807) is 0 Å². The average Bonchev–Trinajstić information content (AvgIpc) is 3.84. The van der Waals surface area contributed by atoms with Crippen molar-refractivity contribution in [2.45, 2.75) is 103 Å². The zero-order chi connectivity index (χ0) is 36.3. The highest BCUT2D eigenvalue weighted by Gasteiger charge is 2.24. The van der Waals surface area contributed by atoms with Gasteiger partial charge in [-0.1, -0.05) is 13.8 Å². The van der Waals surface area contributed by atoms with Crippen LogP contribution in [0.15, 0.2) is 22.9 Å². The van der Waals surface area contributed by atoms with Gasteiger partial charge < -0.3 is 25.0 Å². The first kappa shape index (κ1) is 42.3. The quantitative estimate of drug-likeness (QED) is 0.192. The number of piperidine rings is 2. The first-order valence-electron chi connectivity index (χ1n) is 18.1. The maximum absolute atomic E-state index is 12.4. The summed E-state index contributed by atoms with van der Waals surface area (Å²) < 4.78 is 61.2. The van der Waals surface area contributed by atoms with Crippen molar-refractivity contribution in [1.82, 2.24) is 14.7 Å². The Morgan fingerprint density at radius 2 is 1.28 bits per heavy atom. The Bertz CT molecular complexity index is 1230. The fourth-order valence-corrected chi connectivity index (χ4v) is 8.14. The minimum atomic E-state index is -2.28. The number of hydrogen-bond donors (Lipinski definition) is 1. The maximum Gasteiger partial charge on any atom is 0.243 e. The molecule has 3 aliphatic heterocycles. The molecule has 0 aromatic carbocycles. The van der Waals surface area contributed by atoms with Crippen LogP contribution in [0.3, 0.4) is 0 Å². The second kappa shape index (κ2) is 23.5. The number of halogens is 4. The zero-order valence-corrected chi connectivity index (χ0v) is 31.3. The number of alkyl halides is 4. The second-order valence-electron chi connectivity index (χ2n) is 12.7. The van der Waals surface area contributed by atoms with Gasteiger partial charge >= 0.3 is 0 Å². The van der Waals surface area contributed by atoms with Crippen LogP contribution in [0, 0.1) is 0 Å². The fraction of sp³-hybridized carbons (Fsp3) is 0.722. The molecule has 0 atom stereocenters. The molecule has 3 saturated heterocycles. The van der Waals surface area contributed by atoms with Crippen LogP contribution < -0.4 is 5.73 Å². The summed E-state index contributed by atoms with van der Waals surface area (Å²) in [6, 6.07) is 3.72. The van der Waals surface area contributed by atoms with E-state index in [1.165, 1.54) is 22.7 Å². The Morgan fingerprint density at radius 1 is 0.800 bits per heavy atom. The minimum Gasteiger partial charge on any atom is -0.378 e. The van der Waals surface area contributed by atoms with E-state index in [9.17, 15) is 27.2 Å². The van der Waals surface area contributed by atoms with Gasteiger partial charge in [0.1, 0.15) is 0 Å². The molecular formula is C36H56F4N4O4S2. The molecule has 2 aromatic rings. The van der Waals surface area contributed by atoms with Gasteiger partial charge in [0.25, 0.3) is 0 Å². The Morgan fingerprint density at radius 3 is 1.70 bits per heavy atom. The Labute approximate surface area is 303 Å². The molecule has 2 amide bonds. The van der Waals surface area contributed by atoms with E-state index in [0.29, 0.717) is 38.2 Å². The predicted octanol–water partition coefficient (Wildman–Crippen LogP) is 6.29. The minimum absolute atomic E-state index is 0.146. The van der Waals surface area contributed by atoms with Gasteiger partial charge in [-0.15, -0.1) is 22.7 Å². The smallest absolute Gasteiger partial charge is 0.243 e. The molecule has 2 aromatic heterocycles. The molecule has 0 spiro atoms. The highest BCUT2D eigenvalue weighted by molar-refractivity contribution is 7.10. The number of amides is 2. The van der Waals surface area contributed by atoms with Crippen LogP contribution in [-0.4, -0.2) is 117 Å². The number of carbonyl (C=O) groups excluding carboxylic acids is 2. The van der Waals surface area contributed by atoms with Gasteiger partial charge in [0, 0.05) is 74.8 Å². The molecule has 0 saturated carbocycles. The summed E-state index contributed by atoms with van der Waals surface area (Å²) in [6.07, 6.45) is 2.73. The van der Waals surface area contributed by atoms with Gasteiger partial charge in [-0.2, -0.15) is 0 Å². The standard InChI is InChI=1S/C19H28F2N2O2S.C15H22F2N2O2S.C2H6/c20-18(21)13-17-12-15(14-26-17)5-11-25-16-3-7-22(8-4-16)9-10-23-6-1-2-19(23)24;16-14(17)8-13-7-11(10-22-13)3-6-21-12-1-4-19(5-2-12)9-15(18)20;1-2/h12,14,16,18H,1-11,13H2;7,10,12,14H,1-6,8-9H2,(H2,18,20);1-2H3. The summed E-state index contributed by atoms with van der Waals surface area (Å²) in [5.41, 5.74) is 7.33. The van der Waals surface area contributed by atoms with E-state index in [2.05, 4.69) is 4.90 Å². The molecule has 0 bridgehead atoms. The van der Waals surface area contributed by atoms with Crippen LogP contribution in [0.1, 0.15) is 73.3 Å². The monoisotopic (exact) mass is 748 g/mol. The van der Waals surface area contributed by atoms with Gasteiger partial charge in [0.2, 0.25) is 24.7 Å². The molecular weight excluding hydrogens is 693 g/mol. The summed E-state index contributed by atoms with van der Waals surface area (Å²) in [7, 11) is 0. The molecule has 0 radical (unpaired) electrons. The molecule has 5 rings (SSSR count). The summed E-state index contributed by atoms with van der Waals surface area (Å²) in [6.45, 7) is 12.0. The van der Waals surface area contributed by atoms with Crippen LogP contribution in [-0.2, 0) is 44.7 Å². The number of ether oxygens (including phenoxy) is 2. The van der Waals surface area contributed by atoms with Crippen LogP contribution in [0.5, 0.6) is 0 Å². The summed E-state index contributed by atoms with van der Waals surface area (Å²) in [4.78, 5) is 30.4. The van der Waals surface area contributed by atoms with Crippen molar-refractivity contribution in [3.63, 3.8) is 0 Å². The SMILES string of the molecule is CC.NC(=O)CN1CCC(OCCc2csc(CC(F)F)c2)CC1.O=C1CCCN1CCN1CCC(OCCc2csc(CC(F)F)c2)CC1. The van der Waals surface area contributed by atoms with Crippen LogP contribution >= 0.6 is 22.7 Å². The first-order chi connectivity index (χ1) is 24.1. The Balaban J connectivity index is 0.000000261. The fourth-order valence-electron chi connectivity index (χ4n) is 6.28. The third kappa shape index (κ3) is 16.5.